The topological polar surface area (TPSA) is 154 Å². The van der Waals surface area contributed by atoms with Crippen molar-refractivity contribution in [2.45, 2.75) is 44.8 Å². The summed E-state index contributed by atoms with van der Waals surface area (Å²) in [4.78, 5) is 42.0. The highest BCUT2D eigenvalue weighted by Gasteiger charge is 2.40. The van der Waals surface area contributed by atoms with Crippen molar-refractivity contribution in [2.75, 3.05) is 20.3 Å². The molecule has 0 bridgehead atoms. The fourth-order valence-electron chi connectivity index (χ4n) is 5.17. The monoisotopic (exact) mass is 707 g/mol. The van der Waals surface area contributed by atoms with Gasteiger partial charge in [-0.15, -0.1) is 0 Å². The van der Waals surface area contributed by atoms with Crippen LogP contribution in [0.5, 0.6) is 5.75 Å². The maximum Gasteiger partial charge on any atom is 0.472 e. The molecule has 0 radical (unpaired) electrons. The standard InChI is InChI=1S/C27H27F3N3O7P.C2HF3O2/c1-16-11-31(14-32(16)15-40-41(35,36)37)23-6-3-17(8-25(23)38-2)7-18-4-5-20-12-39-13-24(33(20)27(18)34)19-9-21(28)26(30)22(29)10-19;3-2(4,5)1(6)7/h3,6-11,14,20,24H,4-5,12-13,15H2,1-2H3,(H-,35,36,37);(H,6,7)/b18-7+;/t20-,24-;/m0./s1. The second kappa shape index (κ2) is 14.5. The molecule has 2 aromatic carbocycles. The Morgan fingerprint density at radius 1 is 1.17 bits per heavy atom. The van der Waals surface area contributed by atoms with Crippen LogP contribution in [0.25, 0.3) is 11.8 Å². The van der Waals surface area contributed by atoms with Crippen molar-refractivity contribution in [1.29, 1.82) is 0 Å². The molecule has 0 aliphatic carbocycles. The summed E-state index contributed by atoms with van der Waals surface area (Å²) in [6, 6.07) is 6.04. The molecule has 0 saturated carbocycles. The van der Waals surface area contributed by atoms with Gasteiger partial charge in [-0.2, -0.15) is 17.7 Å². The lowest BCUT2D eigenvalue weighted by Gasteiger charge is -2.45. The molecule has 3 heterocycles. The Morgan fingerprint density at radius 3 is 2.40 bits per heavy atom. The number of carbonyl (C=O) groups is 2. The summed E-state index contributed by atoms with van der Waals surface area (Å²) < 4.78 is 103. The van der Waals surface area contributed by atoms with Crippen LogP contribution >= 0.6 is 7.82 Å². The number of morpholine rings is 1. The molecule has 3 aromatic rings. The average Bonchev–Trinajstić information content (AvgIpc) is 3.39. The van der Waals surface area contributed by atoms with Gasteiger partial charge in [-0.25, -0.2) is 26.8 Å². The number of aliphatic carboxylic acids is 1. The van der Waals surface area contributed by atoms with Gasteiger partial charge in [0.2, 0.25) is 6.73 Å². The number of carboxylic acid groups (broad SMARTS) is 1. The third kappa shape index (κ3) is 8.62. The molecular weight excluding hydrogens is 679 g/mol. The summed E-state index contributed by atoms with van der Waals surface area (Å²) in [6.07, 6.45) is 0.921. The first-order valence-corrected chi connectivity index (χ1v) is 15.4. The smallest absolute Gasteiger partial charge is 0.472 e. The van der Waals surface area contributed by atoms with Gasteiger partial charge in [0, 0.05) is 12.5 Å². The Bertz CT molecular complexity index is 1750. The maximum atomic E-state index is 14.0. The Hall–Kier alpha value is -4.22. The number of alkyl halides is 3. The number of rotatable bonds is 7. The average molecular weight is 708 g/mol. The quantitative estimate of drug-likeness (QED) is 0.124. The third-order valence-electron chi connectivity index (χ3n) is 7.42. The number of piperidine rings is 1. The Kier molecular flexibility index (Phi) is 11.1. The molecular formula is C29H28F6N3O9P. The maximum absolute atomic E-state index is 14.0. The molecule has 2 N–H and O–H groups in total. The van der Waals surface area contributed by atoms with Crippen LogP contribution in [0, 0.1) is 24.4 Å². The number of halogens is 6. The van der Waals surface area contributed by atoms with Crippen LogP contribution in [0.1, 0.15) is 35.7 Å². The molecule has 2 fully saturated rings. The van der Waals surface area contributed by atoms with E-state index < -0.39 is 43.5 Å². The van der Waals surface area contributed by atoms with E-state index in [0.29, 0.717) is 47.7 Å². The van der Waals surface area contributed by atoms with Crippen molar-refractivity contribution in [1.82, 2.24) is 9.47 Å². The number of aryl methyl sites for hydroxylation is 1. The summed E-state index contributed by atoms with van der Waals surface area (Å²) in [5.41, 5.74) is 2.61. The first-order valence-electron chi connectivity index (χ1n) is 13.9. The molecule has 0 unspecified atom stereocenters. The van der Waals surface area contributed by atoms with Gasteiger partial charge in [-0.3, -0.25) is 4.79 Å². The van der Waals surface area contributed by atoms with Crippen molar-refractivity contribution < 1.29 is 74.0 Å². The molecule has 260 valence electrons. The number of imidazole rings is 1. The molecule has 1 aromatic heterocycles. The summed E-state index contributed by atoms with van der Waals surface area (Å²) in [7, 11) is -3.15. The number of benzene rings is 2. The second-order valence-corrected chi connectivity index (χ2v) is 11.9. The number of ether oxygens (including phenoxy) is 2. The van der Waals surface area contributed by atoms with E-state index in [4.69, 9.17) is 29.2 Å². The van der Waals surface area contributed by atoms with Crippen LogP contribution in [0.3, 0.4) is 0 Å². The summed E-state index contributed by atoms with van der Waals surface area (Å²) in [5, 5.41) is 8.78. The van der Waals surface area contributed by atoms with Crippen LogP contribution in [-0.4, -0.2) is 63.7 Å². The minimum atomic E-state index is -5.19. The number of methoxy groups -OCH3 is 1. The molecule has 19 heteroatoms. The fourth-order valence-corrected chi connectivity index (χ4v) is 5.44. The molecule has 2 atom stereocenters. The van der Waals surface area contributed by atoms with Gasteiger partial charge in [0.25, 0.3) is 12.2 Å². The van der Waals surface area contributed by atoms with Crippen molar-refractivity contribution in [2.24, 2.45) is 0 Å². The molecule has 0 spiro atoms. The summed E-state index contributed by atoms with van der Waals surface area (Å²) in [6.45, 7) is 1.72. The number of nitrogens with zero attached hydrogens (tertiary/aromatic N) is 3. The number of phosphoric ester groups is 1. The predicted octanol–water partition coefficient (Wildman–Crippen LogP) is 3.01. The third-order valence-corrected chi connectivity index (χ3v) is 7.88. The summed E-state index contributed by atoms with van der Waals surface area (Å²) in [5.74, 6) is -7.05. The number of hydrogen-bond acceptors (Lipinski definition) is 7. The van der Waals surface area contributed by atoms with Gasteiger partial charge in [-0.05, 0) is 54.3 Å². The minimum absolute atomic E-state index is 0.0258. The number of fused-ring (bicyclic) bond motifs is 1. The molecule has 48 heavy (non-hydrogen) atoms. The van der Waals surface area contributed by atoms with E-state index in [0.717, 1.165) is 12.1 Å². The zero-order valence-corrected chi connectivity index (χ0v) is 26.0. The van der Waals surface area contributed by atoms with Gasteiger partial charge in [-0.1, -0.05) is 6.07 Å². The van der Waals surface area contributed by atoms with E-state index in [9.17, 15) is 35.7 Å². The number of hydrogen-bond donors (Lipinski definition) is 2. The van der Waals surface area contributed by atoms with Crippen LogP contribution < -0.4 is 14.4 Å². The molecule has 2 aliphatic rings. The predicted molar refractivity (Wildman–Crippen MR) is 149 cm³/mol. The molecule has 2 aliphatic heterocycles. The molecule has 12 nitrogen and oxygen atoms in total. The van der Waals surface area contributed by atoms with Crippen molar-refractivity contribution in [3.8, 4) is 11.4 Å². The van der Waals surface area contributed by atoms with Crippen molar-refractivity contribution in [3.63, 3.8) is 0 Å². The number of phosphoric acid groups is 1. The lowest BCUT2D eigenvalue weighted by Crippen LogP contribution is -2.53. The first-order chi connectivity index (χ1) is 22.4. The zero-order chi connectivity index (χ0) is 35.6. The van der Waals surface area contributed by atoms with Crippen LogP contribution in [0.2, 0.25) is 0 Å². The van der Waals surface area contributed by atoms with Crippen LogP contribution in [0.15, 0.2) is 48.4 Å². The highest BCUT2D eigenvalue weighted by molar-refractivity contribution is 7.46. The fraction of sp³-hybridized carbons (Fsp3) is 0.345. The Labute approximate surface area is 268 Å². The van der Waals surface area contributed by atoms with Gasteiger partial charge >= 0.3 is 14.0 Å². The van der Waals surface area contributed by atoms with E-state index in [1.165, 1.54) is 11.7 Å². The Morgan fingerprint density at radius 2 is 1.81 bits per heavy atom. The number of aromatic nitrogens is 2. The number of carbonyl (C=O) groups excluding carboxylic acids is 2. The van der Waals surface area contributed by atoms with Gasteiger partial charge in [0.05, 0.1) is 32.4 Å². The molecule has 2 saturated heterocycles. The van der Waals surface area contributed by atoms with Gasteiger partial charge in [0.15, 0.2) is 28.9 Å². The van der Waals surface area contributed by atoms with E-state index in [-0.39, 0.29) is 30.9 Å². The highest BCUT2D eigenvalue weighted by atomic mass is 31.2. The normalized spacial score (nSPS) is 19.1. The SMILES string of the molecule is COc1cc(/C=C2\CC[C@H]3COC[C@@H](c4cc(F)c(F)c(F)c4)N3C2=O)ccc1-[n+]1cc(C)n(COP(=O)(O)O)c1.O=C([O-])C(F)(F)F. The largest absolute Gasteiger partial charge is 0.542 e. The van der Waals surface area contributed by atoms with E-state index >= 15 is 0 Å². The number of amides is 1. The first kappa shape index (κ1) is 36.6. The van der Waals surface area contributed by atoms with E-state index in [1.807, 2.05) is 0 Å². The molecule has 1 amide bonds. The van der Waals surface area contributed by atoms with Gasteiger partial charge in [0.1, 0.15) is 17.9 Å². The lowest BCUT2D eigenvalue weighted by atomic mass is 9.91. The lowest BCUT2D eigenvalue weighted by molar-refractivity contribution is -0.596. The Balaban J connectivity index is 0.000000671. The second-order valence-electron chi connectivity index (χ2n) is 10.7. The highest BCUT2D eigenvalue weighted by Crippen LogP contribution is 2.38. The van der Waals surface area contributed by atoms with Crippen LogP contribution in [-0.2, 0) is 30.1 Å². The van der Waals surface area contributed by atoms with Crippen molar-refractivity contribution in [3.05, 3.63) is 82.7 Å². The number of carboxylic acids is 1. The minimum Gasteiger partial charge on any atom is -0.542 e. The van der Waals surface area contributed by atoms with E-state index in [1.54, 1.807) is 53.2 Å². The van der Waals surface area contributed by atoms with E-state index in [2.05, 4.69) is 4.52 Å². The van der Waals surface area contributed by atoms with Crippen LogP contribution in [0.4, 0.5) is 26.3 Å². The molecule has 5 rings (SSSR count). The van der Waals surface area contributed by atoms with Crippen molar-refractivity contribution >= 4 is 25.8 Å². The zero-order valence-electron chi connectivity index (χ0n) is 25.1. The summed E-state index contributed by atoms with van der Waals surface area (Å²) >= 11 is 0. The van der Waals surface area contributed by atoms with Gasteiger partial charge < -0.3 is 34.1 Å².